The van der Waals surface area contributed by atoms with E-state index in [1.807, 2.05) is 0 Å². The van der Waals surface area contributed by atoms with Gasteiger partial charge in [-0.3, -0.25) is 19.6 Å². The first-order valence-corrected chi connectivity index (χ1v) is 11.6. The number of nitrogens with one attached hydrogen (secondary N) is 2. The van der Waals surface area contributed by atoms with Gasteiger partial charge in [-0.2, -0.15) is 0 Å². The van der Waals surface area contributed by atoms with Crippen LogP contribution in [0.1, 0.15) is 0 Å². The van der Waals surface area contributed by atoms with Crippen molar-refractivity contribution in [1.82, 2.24) is 0 Å². The fourth-order valence-electron chi connectivity index (χ4n) is 2.45. The van der Waals surface area contributed by atoms with Crippen molar-refractivity contribution in [2.24, 2.45) is 0 Å². The molecule has 0 aliphatic carbocycles. The van der Waals surface area contributed by atoms with E-state index in [1.165, 1.54) is 54.6 Å². The molecule has 0 atom stereocenters. The van der Waals surface area contributed by atoms with Crippen LogP contribution in [0.4, 0.5) is 17.1 Å². The maximum Gasteiger partial charge on any atom is 0.270 e. The second kappa shape index (κ2) is 8.30. The summed E-state index contributed by atoms with van der Waals surface area (Å²) < 4.78 is 54.5. The second-order valence-electron chi connectivity index (χ2n) is 6.00. The monoisotopic (exact) mass is 467 g/mol. The number of halogens is 1. The van der Waals surface area contributed by atoms with E-state index < -0.39 is 25.0 Å². The van der Waals surface area contributed by atoms with Crippen molar-refractivity contribution in [3.8, 4) is 0 Å². The third-order valence-corrected chi connectivity index (χ3v) is 6.84. The highest BCUT2D eigenvalue weighted by atomic mass is 35.5. The molecule has 0 amide bonds. The van der Waals surface area contributed by atoms with E-state index in [1.54, 1.807) is 12.1 Å². The summed E-state index contributed by atoms with van der Waals surface area (Å²) in [4.78, 5) is 9.75. The largest absolute Gasteiger partial charge is 0.280 e. The molecular weight excluding hydrogens is 454 g/mol. The Morgan fingerprint density at radius 1 is 0.733 bits per heavy atom. The van der Waals surface area contributed by atoms with Crippen LogP contribution in [0.15, 0.2) is 82.6 Å². The minimum Gasteiger partial charge on any atom is -0.280 e. The number of rotatable bonds is 7. The molecule has 0 aliphatic heterocycles. The first kappa shape index (κ1) is 21.6. The maximum atomic E-state index is 12.5. The van der Waals surface area contributed by atoms with Gasteiger partial charge >= 0.3 is 0 Å². The number of hydrogen-bond acceptors (Lipinski definition) is 6. The van der Waals surface area contributed by atoms with E-state index in [0.717, 1.165) is 6.07 Å². The molecule has 3 aromatic rings. The van der Waals surface area contributed by atoms with Gasteiger partial charge in [-0.1, -0.05) is 23.7 Å². The van der Waals surface area contributed by atoms with Gasteiger partial charge in [-0.25, -0.2) is 16.8 Å². The molecule has 9 nitrogen and oxygen atoms in total. The summed E-state index contributed by atoms with van der Waals surface area (Å²) in [6, 6.07) is 15.7. The lowest BCUT2D eigenvalue weighted by Crippen LogP contribution is -2.14. The van der Waals surface area contributed by atoms with Crippen molar-refractivity contribution >= 4 is 48.7 Å². The topological polar surface area (TPSA) is 135 Å². The Morgan fingerprint density at radius 2 is 1.33 bits per heavy atom. The zero-order valence-corrected chi connectivity index (χ0v) is 17.4. The number of nitrogens with zero attached hydrogens (tertiary/aromatic N) is 1. The molecule has 0 heterocycles. The molecule has 0 spiro atoms. The minimum atomic E-state index is -4.11. The van der Waals surface area contributed by atoms with Gasteiger partial charge in [0.15, 0.2) is 0 Å². The van der Waals surface area contributed by atoms with E-state index in [-0.39, 0.29) is 26.9 Å². The predicted octanol–water partition coefficient (Wildman–Crippen LogP) is 3.85. The van der Waals surface area contributed by atoms with Crippen LogP contribution in [-0.2, 0) is 20.0 Å². The van der Waals surface area contributed by atoms with E-state index in [4.69, 9.17) is 11.6 Å². The summed E-state index contributed by atoms with van der Waals surface area (Å²) in [7, 11) is -8.02. The summed E-state index contributed by atoms with van der Waals surface area (Å²) in [6.07, 6.45) is 0. The fourth-order valence-corrected chi connectivity index (χ4v) is 4.78. The molecule has 30 heavy (non-hydrogen) atoms. The van der Waals surface area contributed by atoms with Gasteiger partial charge in [0.1, 0.15) is 0 Å². The molecule has 0 aliphatic rings. The van der Waals surface area contributed by atoms with Gasteiger partial charge in [0.2, 0.25) is 0 Å². The highest BCUT2D eigenvalue weighted by Crippen LogP contribution is 2.23. The lowest BCUT2D eigenvalue weighted by Gasteiger charge is -2.11. The molecule has 0 bridgehead atoms. The molecule has 12 heteroatoms. The van der Waals surface area contributed by atoms with Gasteiger partial charge in [-0.05, 0) is 48.5 Å². The highest BCUT2D eigenvalue weighted by Gasteiger charge is 2.19. The standard InChI is InChI=1S/C18H14ClN3O6S2/c19-13-3-1-4-15(11-13)21-29(25,26)17-9-7-14(8-10-17)20-30(27,28)18-6-2-5-16(12-18)22(23)24/h1-12,20-21H. The number of benzene rings is 3. The third-order valence-electron chi connectivity index (χ3n) is 3.83. The number of nitro groups is 1. The van der Waals surface area contributed by atoms with Crippen LogP contribution in [0.2, 0.25) is 5.02 Å². The molecule has 0 aromatic heterocycles. The molecule has 2 N–H and O–H groups in total. The third kappa shape index (κ3) is 5.06. The number of anilines is 2. The Bertz CT molecular complexity index is 1310. The summed E-state index contributed by atoms with van der Waals surface area (Å²) >= 11 is 5.84. The van der Waals surface area contributed by atoms with Crippen molar-refractivity contribution in [2.75, 3.05) is 9.44 Å². The van der Waals surface area contributed by atoms with Crippen LogP contribution in [0.5, 0.6) is 0 Å². The second-order valence-corrected chi connectivity index (χ2v) is 9.80. The van der Waals surface area contributed by atoms with Crippen LogP contribution in [0, 0.1) is 10.1 Å². The lowest BCUT2D eigenvalue weighted by molar-refractivity contribution is -0.385. The van der Waals surface area contributed by atoms with E-state index in [9.17, 15) is 26.9 Å². The van der Waals surface area contributed by atoms with Crippen molar-refractivity contribution in [2.45, 2.75) is 9.79 Å². The average molecular weight is 468 g/mol. The van der Waals surface area contributed by atoms with Crippen molar-refractivity contribution in [3.63, 3.8) is 0 Å². The Hall–Kier alpha value is -3.15. The van der Waals surface area contributed by atoms with Crippen molar-refractivity contribution in [1.29, 1.82) is 0 Å². The van der Waals surface area contributed by atoms with Crippen molar-refractivity contribution < 1.29 is 21.8 Å². The van der Waals surface area contributed by atoms with Gasteiger partial charge in [0.05, 0.1) is 20.4 Å². The quantitative estimate of drug-likeness (QED) is 0.400. The fraction of sp³-hybridized carbons (Fsp3) is 0. The molecule has 0 unspecified atom stereocenters. The Labute approximate surface area is 177 Å². The summed E-state index contributed by atoms with van der Waals surface area (Å²) in [5.74, 6) is 0. The molecule has 0 fully saturated rings. The molecule has 0 saturated carbocycles. The maximum absolute atomic E-state index is 12.5. The lowest BCUT2D eigenvalue weighted by atomic mass is 10.3. The molecule has 0 radical (unpaired) electrons. The van der Waals surface area contributed by atoms with Crippen molar-refractivity contribution in [3.05, 3.63) is 87.9 Å². The molecule has 3 rings (SSSR count). The summed E-state index contributed by atoms with van der Waals surface area (Å²) in [5.41, 5.74) is -0.00688. The first-order valence-electron chi connectivity index (χ1n) is 8.23. The van der Waals surface area contributed by atoms with E-state index >= 15 is 0 Å². The van der Waals surface area contributed by atoms with Gasteiger partial charge in [0.25, 0.3) is 25.7 Å². The average Bonchev–Trinajstić information content (AvgIpc) is 2.68. The normalized spacial score (nSPS) is 11.6. The molecule has 3 aromatic carbocycles. The van der Waals surface area contributed by atoms with E-state index in [0.29, 0.717) is 5.02 Å². The van der Waals surface area contributed by atoms with Crippen LogP contribution < -0.4 is 9.44 Å². The van der Waals surface area contributed by atoms with Crippen LogP contribution in [-0.4, -0.2) is 21.8 Å². The highest BCUT2D eigenvalue weighted by molar-refractivity contribution is 7.93. The Balaban J connectivity index is 1.80. The van der Waals surface area contributed by atoms with Crippen LogP contribution in [0.25, 0.3) is 0 Å². The van der Waals surface area contributed by atoms with Crippen LogP contribution in [0.3, 0.4) is 0 Å². The van der Waals surface area contributed by atoms with E-state index in [2.05, 4.69) is 9.44 Å². The number of hydrogen-bond donors (Lipinski definition) is 2. The molecule has 0 saturated heterocycles. The minimum absolute atomic E-state index is 0.0863. The zero-order valence-electron chi connectivity index (χ0n) is 15.0. The number of nitro benzene ring substituents is 1. The van der Waals surface area contributed by atoms with Gasteiger partial charge < -0.3 is 0 Å². The smallest absolute Gasteiger partial charge is 0.270 e. The summed E-state index contributed by atoms with van der Waals surface area (Å²) in [6.45, 7) is 0. The predicted molar refractivity (Wildman–Crippen MR) is 113 cm³/mol. The van der Waals surface area contributed by atoms with Crippen LogP contribution >= 0.6 is 11.6 Å². The molecule has 156 valence electrons. The zero-order chi connectivity index (χ0) is 21.9. The first-order chi connectivity index (χ1) is 14.1. The molecular formula is C18H14ClN3O6S2. The van der Waals surface area contributed by atoms with Gasteiger partial charge in [-0.15, -0.1) is 0 Å². The SMILES string of the molecule is O=[N+]([O-])c1cccc(S(=O)(=O)Nc2ccc(S(=O)(=O)Nc3cccc(Cl)c3)cc2)c1. The number of sulfonamides is 2. The van der Waals surface area contributed by atoms with Gasteiger partial charge in [0, 0.05) is 22.8 Å². The number of non-ortho nitro benzene ring substituents is 1. The summed E-state index contributed by atoms with van der Waals surface area (Å²) in [5, 5.41) is 11.2. The Kier molecular flexibility index (Phi) is 5.97. The Morgan fingerprint density at radius 3 is 1.97 bits per heavy atom.